The van der Waals surface area contributed by atoms with E-state index in [4.69, 9.17) is 0 Å². The van der Waals surface area contributed by atoms with Gasteiger partial charge < -0.3 is 5.32 Å². The van der Waals surface area contributed by atoms with Crippen LogP contribution in [0.3, 0.4) is 0 Å². The zero-order valence-corrected chi connectivity index (χ0v) is 13.3. The van der Waals surface area contributed by atoms with Crippen LogP contribution >= 0.6 is 15.9 Å². The van der Waals surface area contributed by atoms with Gasteiger partial charge in [-0.1, -0.05) is 28.9 Å². The largest absolute Gasteiger partial charge is 0.306 e. The van der Waals surface area contributed by atoms with Gasteiger partial charge in [0.15, 0.2) is 0 Å². The van der Waals surface area contributed by atoms with Crippen molar-refractivity contribution in [3.63, 3.8) is 0 Å². The summed E-state index contributed by atoms with van der Waals surface area (Å²) in [5.74, 6) is -2.70. The van der Waals surface area contributed by atoms with Crippen molar-refractivity contribution in [3.8, 4) is 0 Å². The highest BCUT2D eigenvalue weighted by Crippen LogP contribution is 2.30. The van der Waals surface area contributed by atoms with Crippen molar-refractivity contribution in [2.24, 2.45) is 0 Å². The van der Waals surface area contributed by atoms with Crippen LogP contribution in [-0.4, -0.2) is 6.54 Å². The number of rotatable bonds is 4. The molecule has 0 aliphatic rings. The summed E-state index contributed by atoms with van der Waals surface area (Å²) < 4.78 is 42.1. The highest BCUT2D eigenvalue weighted by molar-refractivity contribution is 9.10. The van der Waals surface area contributed by atoms with Crippen molar-refractivity contribution >= 4 is 15.9 Å². The first-order valence-corrected chi connectivity index (χ1v) is 7.37. The van der Waals surface area contributed by atoms with Gasteiger partial charge in [-0.3, -0.25) is 0 Å². The first kappa shape index (κ1) is 16.0. The molecule has 112 valence electrons. The van der Waals surface area contributed by atoms with Gasteiger partial charge in [0.1, 0.15) is 17.5 Å². The van der Waals surface area contributed by atoms with E-state index < -0.39 is 23.5 Å². The van der Waals surface area contributed by atoms with E-state index in [9.17, 15) is 13.2 Å². The molecule has 1 nitrogen and oxygen atoms in total. The number of benzene rings is 2. The minimum atomic E-state index is -0.920. The number of aryl methyl sites for hydroxylation is 1. The molecule has 0 radical (unpaired) electrons. The Morgan fingerprint density at radius 2 is 1.71 bits per heavy atom. The zero-order valence-electron chi connectivity index (χ0n) is 11.7. The Morgan fingerprint density at radius 1 is 1.10 bits per heavy atom. The van der Waals surface area contributed by atoms with Gasteiger partial charge in [0.05, 0.1) is 6.04 Å². The van der Waals surface area contributed by atoms with E-state index in [-0.39, 0.29) is 5.56 Å². The Hall–Kier alpha value is -1.33. The van der Waals surface area contributed by atoms with Gasteiger partial charge >= 0.3 is 0 Å². The van der Waals surface area contributed by atoms with Crippen LogP contribution in [0.2, 0.25) is 0 Å². The minimum absolute atomic E-state index is 0.163. The van der Waals surface area contributed by atoms with Crippen molar-refractivity contribution in [1.29, 1.82) is 0 Å². The summed E-state index contributed by atoms with van der Waals surface area (Å²) in [5.41, 5.74) is 1.48. The maximum atomic E-state index is 14.1. The third kappa shape index (κ3) is 3.47. The van der Waals surface area contributed by atoms with E-state index in [0.717, 1.165) is 15.6 Å². The molecule has 2 aromatic rings. The molecule has 0 bridgehead atoms. The Kier molecular flexibility index (Phi) is 5.06. The standard InChI is InChI=1S/C16H15BrF3N/c1-3-21-16(12-5-4-10(17)6-9(12)2)15-13(19)7-11(18)8-14(15)20/h4-8,16,21H,3H2,1-2H3. The third-order valence-corrected chi connectivity index (χ3v) is 3.78. The number of hydrogen-bond donors (Lipinski definition) is 1. The Bertz CT molecular complexity index is 635. The molecule has 1 atom stereocenters. The molecule has 0 amide bonds. The summed E-state index contributed by atoms with van der Waals surface area (Å²) in [6, 6.07) is 6.23. The summed E-state index contributed by atoms with van der Waals surface area (Å²) in [4.78, 5) is 0. The van der Waals surface area contributed by atoms with Crippen molar-refractivity contribution in [2.45, 2.75) is 19.9 Å². The van der Waals surface area contributed by atoms with Gasteiger partial charge in [0, 0.05) is 22.2 Å². The Morgan fingerprint density at radius 3 is 2.24 bits per heavy atom. The molecule has 0 aliphatic carbocycles. The van der Waals surface area contributed by atoms with E-state index in [1.165, 1.54) is 0 Å². The predicted octanol–water partition coefficient (Wildman–Crippen LogP) is 4.87. The van der Waals surface area contributed by atoms with Gasteiger partial charge in [0.25, 0.3) is 0 Å². The van der Waals surface area contributed by atoms with Crippen LogP contribution in [0.5, 0.6) is 0 Å². The van der Waals surface area contributed by atoms with Crippen molar-refractivity contribution in [1.82, 2.24) is 5.32 Å². The fourth-order valence-electron chi connectivity index (χ4n) is 2.36. The second-order valence-electron chi connectivity index (χ2n) is 4.77. The summed E-state index contributed by atoms with van der Waals surface area (Å²) >= 11 is 3.36. The van der Waals surface area contributed by atoms with Crippen LogP contribution in [0.1, 0.15) is 29.7 Å². The third-order valence-electron chi connectivity index (χ3n) is 3.28. The van der Waals surface area contributed by atoms with Crippen LogP contribution in [0.15, 0.2) is 34.8 Å². The normalized spacial score (nSPS) is 12.5. The summed E-state index contributed by atoms with van der Waals surface area (Å²) in [6.07, 6.45) is 0. The lowest BCUT2D eigenvalue weighted by Crippen LogP contribution is -2.25. The SMILES string of the molecule is CCNC(c1ccc(Br)cc1C)c1c(F)cc(F)cc1F. The fraction of sp³-hybridized carbons (Fsp3) is 0.250. The molecular formula is C16H15BrF3N. The van der Waals surface area contributed by atoms with Crippen molar-refractivity contribution in [3.05, 3.63) is 68.9 Å². The van der Waals surface area contributed by atoms with Crippen LogP contribution in [0, 0.1) is 24.4 Å². The molecular weight excluding hydrogens is 343 g/mol. The van der Waals surface area contributed by atoms with Crippen molar-refractivity contribution in [2.75, 3.05) is 6.54 Å². The van der Waals surface area contributed by atoms with Crippen LogP contribution in [0.25, 0.3) is 0 Å². The highest BCUT2D eigenvalue weighted by Gasteiger charge is 2.23. The molecule has 5 heteroatoms. The first-order chi connectivity index (χ1) is 9.93. The molecule has 0 aromatic heterocycles. The monoisotopic (exact) mass is 357 g/mol. The first-order valence-electron chi connectivity index (χ1n) is 6.58. The van der Waals surface area contributed by atoms with E-state index in [0.29, 0.717) is 18.7 Å². The van der Waals surface area contributed by atoms with Gasteiger partial charge in [-0.2, -0.15) is 0 Å². The molecule has 0 aliphatic heterocycles. The quantitative estimate of drug-likeness (QED) is 0.822. The van der Waals surface area contributed by atoms with Gasteiger partial charge in [0.2, 0.25) is 0 Å². The van der Waals surface area contributed by atoms with Gasteiger partial charge in [-0.15, -0.1) is 0 Å². The molecule has 2 aromatic carbocycles. The second kappa shape index (κ2) is 6.62. The van der Waals surface area contributed by atoms with Gasteiger partial charge in [-0.05, 0) is 36.7 Å². The lowest BCUT2D eigenvalue weighted by molar-refractivity contribution is 0.491. The average Bonchev–Trinajstić information content (AvgIpc) is 2.37. The zero-order chi connectivity index (χ0) is 15.6. The lowest BCUT2D eigenvalue weighted by atomic mass is 9.94. The second-order valence-corrected chi connectivity index (χ2v) is 5.69. The Balaban J connectivity index is 2.59. The smallest absolute Gasteiger partial charge is 0.134 e. The molecule has 0 heterocycles. The molecule has 0 fully saturated rings. The number of halogens is 4. The highest BCUT2D eigenvalue weighted by atomic mass is 79.9. The minimum Gasteiger partial charge on any atom is -0.306 e. The Labute approximate surface area is 130 Å². The van der Waals surface area contributed by atoms with E-state index in [1.54, 1.807) is 6.07 Å². The van der Waals surface area contributed by atoms with Crippen LogP contribution in [0.4, 0.5) is 13.2 Å². The maximum absolute atomic E-state index is 14.1. The predicted molar refractivity (Wildman–Crippen MR) is 80.7 cm³/mol. The van der Waals surface area contributed by atoms with Crippen molar-refractivity contribution < 1.29 is 13.2 Å². The lowest BCUT2D eigenvalue weighted by Gasteiger charge is -2.22. The fourth-order valence-corrected chi connectivity index (χ4v) is 2.84. The molecule has 0 saturated heterocycles. The van der Waals surface area contributed by atoms with E-state index in [1.807, 2.05) is 26.0 Å². The molecule has 2 rings (SSSR count). The maximum Gasteiger partial charge on any atom is 0.134 e. The van der Waals surface area contributed by atoms with E-state index in [2.05, 4.69) is 21.2 Å². The number of nitrogens with one attached hydrogen (secondary N) is 1. The summed E-state index contributed by atoms with van der Waals surface area (Å²) in [5, 5.41) is 3.06. The van der Waals surface area contributed by atoms with Crippen LogP contribution < -0.4 is 5.32 Å². The average molecular weight is 358 g/mol. The molecule has 0 spiro atoms. The van der Waals surface area contributed by atoms with Gasteiger partial charge in [-0.25, -0.2) is 13.2 Å². The van der Waals surface area contributed by atoms with E-state index >= 15 is 0 Å². The molecule has 0 saturated carbocycles. The van der Waals surface area contributed by atoms with Crippen LogP contribution in [-0.2, 0) is 0 Å². The summed E-state index contributed by atoms with van der Waals surface area (Å²) in [7, 11) is 0. The molecule has 21 heavy (non-hydrogen) atoms. The molecule has 1 unspecified atom stereocenters. The summed E-state index contributed by atoms with van der Waals surface area (Å²) in [6.45, 7) is 4.24. The topological polar surface area (TPSA) is 12.0 Å². The number of hydrogen-bond acceptors (Lipinski definition) is 1. The molecule has 1 N–H and O–H groups in total.